The number of methoxy groups -OCH3 is 1. The van der Waals surface area contributed by atoms with Crippen molar-refractivity contribution in [2.45, 2.75) is 71.2 Å². The molecule has 3 rings (SSSR count). The zero-order chi connectivity index (χ0) is 33.0. The Labute approximate surface area is 263 Å². The van der Waals surface area contributed by atoms with Crippen molar-refractivity contribution in [3.05, 3.63) is 65.7 Å². The molecule has 0 radical (unpaired) electrons. The normalized spacial score (nSPS) is 15.6. The van der Waals surface area contributed by atoms with E-state index in [1.54, 1.807) is 57.2 Å². The second-order valence-electron chi connectivity index (χ2n) is 11.6. The quantitative estimate of drug-likeness (QED) is 0.262. The number of rotatable bonds is 13. The molecule has 1 fully saturated rings. The zero-order valence-corrected chi connectivity index (χ0v) is 26.6. The number of carbonyl (C=O) groups excluding carboxylic acids is 5. The molecular weight excluding hydrogens is 582 g/mol. The lowest BCUT2D eigenvalue weighted by Gasteiger charge is -2.41. The van der Waals surface area contributed by atoms with Gasteiger partial charge in [0.25, 0.3) is 0 Å². The molecular formula is C33H43N3O9. The van der Waals surface area contributed by atoms with E-state index in [4.69, 9.17) is 18.9 Å². The number of esters is 2. The molecule has 1 saturated heterocycles. The summed E-state index contributed by atoms with van der Waals surface area (Å²) in [5.41, 5.74) is 0.737. The van der Waals surface area contributed by atoms with Crippen molar-refractivity contribution in [3.8, 4) is 5.75 Å². The lowest BCUT2D eigenvalue weighted by molar-refractivity contribution is -0.164. The van der Waals surface area contributed by atoms with Crippen LogP contribution in [0, 0.1) is 0 Å². The first-order chi connectivity index (χ1) is 21.4. The first kappa shape index (κ1) is 34.9. The van der Waals surface area contributed by atoms with Crippen LogP contribution in [-0.4, -0.2) is 90.7 Å². The minimum absolute atomic E-state index is 0.00999. The predicted molar refractivity (Wildman–Crippen MR) is 164 cm³/mol. The summed E-state index contributed by atoms with van der Waals surface area (Å²) < 4.78 is 21.2. The molecule has 0 aromatic heterocycles. The van der Waals surface area contributed by atoms with Gasteiger partial charge in [-0.2, -0.15) is 0 Å². The maximum atomic E-state index is 14.1. The fourth-order valence-corrected chi connectivity index (χ4v) is 4.71. The maximum Gasteiger partial charge on any atom is 0.408 e. The van der Waals surface area contributed by atoms with Crippen LogP contribution >= 0.6 is 0 Å². The molecule has 1 aliphatic rings. The molecule has 45 heavy (non-hydrogen) atoms. The van der Waals surface area contributed by atoms with E-state index in [-0.39, 0.29) is 32.7 Å². The van der Waals surface area contributed by atoms with Crippen LogP contribution in [0.25, 0.3) is 0 Å². The summed E-state index contributed by atoms with van der Waals surface area (Å²) >= 11 is 0. The van der Waals surface area contributed by atoms with Crippen LogP contribution < -0.4 is 10.1 Å². The molecule has 3 amide bonds. The van der Waals surface area contributed by atoms with Crippen LogP contribution in [-0.2, 0) is 46.4 Å². The molecule has 0 unspecified atom stereocenters. The number of hydrogen-bond donors (Lipinski definition) is 1. The van der Waals surface area contributed by atoms with Gasteiger partial charge in [-0.15, -0.1) is 0 Å². The van der Waals surface area contributed by atoms with Gasteiger partial charge in [-0.25, -0.2) is 4.79 Å². The second kappa shape index (κ2) is 16.5. The average molecular weight is 626 g/mol. The number of hydrogen-bond acceptors (Lipinski definition) is 9. The van der Waals surface area contributed by atoms with E-state index >= 15 is 0 Å². The summed E-state index contributed by atoms with van der Waals surface area (Å²) in [4.78, 5) is 67.9. The van der Waals surface area contributed by atoms with Gasteiger partial charge in [0.05, 0.1) is 20.1 Å². The number of alkyl carbamates (subject to hydrolysis) is 1. The van der Waals surface area contributed by atoms with Crippen molar-refractivity contribution in [1.82, 2.24) is 15.1 Å². The van der Waals surface area contributed by atoms with E-state index in [1.807, 2.05) is 25.1 Å². The third-order valence-corrected chi connectivity index (χ3v) is 6.83. The number of ether oxygens (including phenoxy) is 4. The molecule has 12 nitrogen and oxygen atoms in total. The molecule has 1 heterocycles. The van der Waals surface area contributed by atoms with Gasteiger partial charge in [-0.3, -0.25) is 19.2 Å². The van der Waals surface area contributed by atoms with Crippen molar-refractivity contribution < 1.29 is 42.9 Å². The molecule has 0 bridgehead atoms. The topological polar surface area (TPSA) is 141 Å². The Kier molecular flexibility index (Phi) is 12.8. The minimum atomic E-state index is -1.25. The summed E-state index contributed by atoms with van der Waals surface area (Å²) in [7, 11) is 1.18. The third kappa shape index (κ3) is 11.1. The number of nitrogens with one attached hydrogen (secondary N) is 1. The first-order valence-corrected chi connectivity index (χ1v) is 15.0. The Balaban J connectivity index is 1.83. The highest BCUT2D eigenvalue weighted by Gasteiger charge is 2.42. The monoisotopic (exact) mass is 625 g/mol. The molecule has 244 valence electrons. The van der Waals surface area contributed by atoms with Crippen LogP contribution in [0.2, 0.25) is 0 Å². The van der Waals surface area contributed by atoms with Gasteiger partial charge in [0.2, 0.25) is 11.8 Å². The van der Waals surface area contributed by atoms with Gasteiger partial charge in [-0.05, 0) is 50.5 Å². The smallest absolute Gasteiger partial charge is 0.408 e. The van der Waals surface area contributed by atoms with Crippen molar-refractivity contribution in [2.24, 2.45) is 0 Å². The molecule has 2 aromatic carbocycles. The molecule has 0 saturated carbocycles. The largest absolute Gasteiger partial charge is 0.494 e. The number of carbonyl (C=O) groups is 5. The summed E-state index contributed by atoms with van der Waals surface area (Å²) in [6.07, 6.45) is -0.325. The number of benzene rings is 2. The average Bonchev–Trinajstić information content (AvgIpc) is 3.00. The van der Waals surface area contributed by atoms with E-state index in [2.05, 4.69) is 5.32 Å². The van der Waals surface area contributed by atoms with Crippen LogP contribution in [0.4, 0.5) is 4.79 Å². The van der Waals surface area contributed by atoms with Crippen molar-refractivity contribution in [2.75, 3.05) is 33.4 Å². The third-order valence-electron chi connectivity index (χ3n) is 6.83. The van der Waals surface area contributed by atoms with Crippen LogP contribution in [0.3, 0.4) is 0 Å². The SMILES string of the molecule is CCCOc1ccc(C[C@H](NC(=O)OCc2ccccc2)C(=O)N2CCN(CC(=O)OC(C)(C)C)C(=O)[C@@H]2CC(=O)OC)cc1. The van der Waals surface area contributed by atoms with Crippen LogP contribution in [0.1, 0.15) is 51.7 Å². The number of piperazine rings is 1. The highest BCUT2D eigenvalue weighted by Crippen LogP contribution is 2.20. The molecule has 12 heteroatoms. The summed E-state index contributed by atoms with van der Waals surface area (Å²) in [6.45, 7) is 7.40. The van der Waals surface area contributed by atoms with Crippen molar-refractivity contribution in [3.63, 3.8) is 0 Å². The molecule has 2 aromatic rings. The summed E-state index contributed by atoms with van der Waals surface area (Å²) in [5, 5.41) is 2.65. The molecule has 1 N–H and O–H groups in total. The van der Waals surface area contributed by atoms with Gasteiger partial charge < -0.3 is 34.1 Å². The standard InChI is InChI=1S/C33H43N3O9/c1-6-18-43-25-14-12-23(13-15-25)19-26(34-32(41)44-22-24-10-8-7-9-11-24)30(39)36-17-16-35(21-29(38)45-33(2,3)4)31(40)27(36)20-28(37)42-5/h7-15,26-27H,6,16-22H2,1-5H3,(H,34,41)/t26-,27-/m0/s1. The first-order valence-electron chi connectivity index (χ1n) is 15.0. The van der Waals surface area contributed by atoms with Gasteiger partial charge in [0.1, 0.15) is 36.6 Å². The molecule has 2 atom stereocenters. The van der Waals surface area contributed by atoms with E-state index in [9.17, 15) is 24.0 Å². The van der Waals surface area contributed by atoms with Gasteiger partial charge in [0, 0.05) is 19.5 Å². The summed E-state index contributed by atoms with van der Waals surface area (Å²) in [6, 6.07) is 13.8. The predicted octanol–water partition coefficient (Wildman–Crippen LogP) is 3.26. The zero-order valence-electron chi connectivity index (χ0n) is 26.6. The maximum absolute atomic E-state index is 14.1. The lowest BCUT2D eigenvalue weighted by atomic mass is 10.0. The Bertz CT molecular complexity index is 1310. The van der Waals surface area contributed by atoms with Gasteiger partial charge in [-0.1, -0.05) is 49.4 Å². The summed E-state index contributed by atoms with van der Waals surface area (Å²) in [5.74, 6) is -1.84. The number of amides is 3. The van der Waals surface area contributed by atoms with E-state index < -0.39 is 54.0 Å². The van der Waals surface area contributed by atoms with E-state index in [0.29, 0.717) is 12.4 Å². The van der Waals surface area contributed by atoms with E-state index in [1.165, 1.54) is 16.9 Å². The van der Waals surface area contributed by atoms with Gasteiger partial charge in [0.15, 0.2) is 0 Å². The van der Waals surface area contributed by atoms with Crippen molar-refractivity contribution >= 4 is 29.8 Å². The Morgan fingerprint density at radius 1 is 0.956 bits per heavy atom. The van der Waals surface area contributed by atoms with Crippen molar-refractivity contribution in [1.29, 1.82) is 0 Å². The minimum Gasteiger partial charge on any atom is -0.494 e. The second-order valence-corrected chi connectivity index (χ2v) is 11.6. The fraction of sp³-hybridized carbons (Fsp3) is 0.485. The number of nitrogens with zero attached hydrogens (tertiary/aromatic N) is 2. The molecule has 0 aliphatic carbocycles. The fourth-order valence-electron chi connectivity index (χ4n) is 4.71. The van der Waals surface area contributed by atoms with Gasteiger partial charge >= 0.3 is 18.0 Å². The Hall–Kier alpha value is -4.61. The lowest BCUT2D eigenvalue weighted by Crippen LogP contribution is -2.63. The Morgan fingerprint density at radius 3 is 2.27 bits per heavy atom. The molecule has 0 spiro atoms. The van der Waals surface area contributed by atoms with Crippen LogP contribution in [0.5, 0.6) is 5.75 Å². The van der Waals surface area contributed by atoms with E-state index in [0.717, 1.165) is 17.5 Å². The highest BCUT2D eigenvalue weighted by molar-refractivity contribution is 5.95. The van der Waals surface area contributed by atoms with Crippen LogP contribution in [0.15, 0.2) is 54.6 Å². The Morgan fingerprint density at radius 2 is 1.64 bits per heavy atom. The highest BCUT2D eigenvalue weighted by atomic mass is 16.6. The molecule has 1 aliphatic heterocycles.